The van der Waals surface area contributed by atoms with Crippen LogP contribution < -0.4 is 0 Å². The van der Waals surface area contributed by atoms with Gasteiger partial charge in [-0.2, -0.15) is 0 Å². The highest BCUT2D eigenvalue weighted by molar-refractivity contribution is 6.29. The molecule has 0 unspecified atom stereocenters. The highest BCUT2D eigenvalue weighted by Gasteiger charge is 2.10. The molecule has 1 aromatic rings. The standard InChI is InChI=1S/C8H13ClN2O2/c1-12-4-7(5-13-2)11-3-8(9)10-6-11/h3,6-7H,4-5H2,1-2H3. The molecule has 0 aliphatic heterocycles. The molecule has 5 heteroatoms. The minimum atomic E-state index is 0.134. The lowest BCUT2D eigenvalue weighted by atomic mass is 10.3. The van der Waals surface area contributed by atoms with Gasteiger partial charge in [0, 0.05) is 20.4 Å². The van der Waals surface area contributed by atoms with Crippen LogP contribution in [0.3, 0.4) is 0 Å². The summed E-state index contributed by atoms with van der Waals surface area (Å²) in [6, 6.07) is 0.134. The van der Waals surface area contributed by atoms with Crippen molar-refractivity contribution >= 4 is 11.6 Å². The molecule has 0 aliphatic rings. The van der Waals surface area contributed by atoms with E-state index in [0.717, 1.165) is 0 Å². The lowest BCUT2D eigenvalue weighted by Gasteiger charge is -2.15. The molecule has 0 fully saturated rings. The lowest BCUT2D eigenvalue weighted by Crippen LogP contribution is -2.18. The molecular weight excluding hydrogens is 192 g/mol. The van der Waals surface area contributed by atoms with Crippen molar-refractivity contribution in [3.8, 4) is 0 Å². The Morgan fingerprint density at radius 1 is 1.46 bits per heavy atom. The zero-order chi connectivity index (χ0) is 9.68. The van der Waals surface area contributed by atoms with Crippen LogP contribution in [0.2, 0.25) is 5.15 Å². The van der Waals surface area contributed by atoms with Crippen LogP contribution in [0.1, 0.15) is 6.04 Å². The van der Waals surface area contributed by atoms with E-state index in [-0.39, 0.29) is 6.04 Å². The number of hydrogen-bond donors (Lipinski definition) is 0. The summed E-state index contributed by atoms with van der Waals surface area (Å²) < 4.78 is 12.0. The second-order valence-corrected chi connectivity index (χ2v) is 3.10. The Balaban J connectivity index is 2.63. The third kappa shape index (κ3) is 2.99. The van der Waals surface area contributed by atoms with Crippen molar-refractivity contribution in [3.63, 3.8) is 0 Å². The lowest BCUT2D eigenvalue weighted by molar-refractivity contribution is 0.0894. The van der Waals surface area contributed by atoms with Gasteiger partial charge in [-0.25, -0.2) is 4.98 Å². The second-order valence-electron chi connectivity index (χ2n) is 2.71. The third-order valence-electron chi connectivity index (χ3n) is 1.71. The first-order chi connectivity index (χ1) is 6.27. The largest absolute Gasteiger partial charge is 0.382 e. The van der Waals surface area contributed by atoms with Gasteiger partial charge in [-0.15, -0.1) is 0 Å². The summed E-state index contributed by atoms with van der Waals surface area (Å²) in [6.45, 7) is 1.17. The summed E-state index contributed by atoms with van der Waals surface area (Å²) >= 11 is 5.69. The maximum Gasteiger partial charge on any atom is 0.146 e. The molecule has 0 saturated carbocycles. The van der Waals surface area contributed by atoms with Crippen LogP contribution in [0.4, 0.5) is 0 Å². The topological polar surface area (TPSA) is 36.3 Å². The van der Waals surface area contributed by atoms with E-state index >= 15 is 0 Å². The van der Waals surface area contributed by atoms with Gasteiger partial charge in [0.2, 0.25) is 0 Å². The maximum atomic E-state index is 5.69. The highest BCUT2D eigenvalue weighted by atomic mass is 35.5. The minimum absolute atomic E-state index is 0.134. The fraction of sp³-hybridized carbons (Fsp3) is 0.625. The van der Waals surface area contributed by atoms with E-state index in [1.807, 2.05) is 4.57 Å². The smallest absolute Gasteiger partial charge is 0.146 e. The van der Waals surface area contributed by atoms with E-state index in [1.165, 1.54) is 0 Å². The quantitative estimate of drug-likeness (QED) is 0.727. The van der Waals surface area contributed by atoms with Gasteiger partial charge in [0.1, 0.15) is 5.15 Å². The van der Waals surface area contributed by atoms with Crippen molar-refractivity contribution in [2.45, 2.75) is 6.04 Å². The number of nitrogens with zero attached hydrogens (tertiary/aromatic N) is 2. The van der Waals surface area contributed by atoms with Gasteiger partial charge < -0.3 is 14.0 Å². The van der Waals surface area contributed by atoms with Crippen LogP contribution in [-0.4, -0.2) is 37.0 Å². The Kier molecular flexibility index (Phi) is 4.21. The Hall–Kier alpha value is -0.580. The van der Waals surface area contributed by atoms with E-state index in [1.54, 1.807) is 26.7 Å². The first-order valence-corrected chi connectivity index (χ1v) is 4.32. The van der Waals surface area contributed by atoms with Crippen molar-refractivity contribution in [2.24, 2.45) is 0 Å². The van der Waals surface area contributed by atoms with Gasteiger partial charge in [-0.1, -0.05) is 11.6 Å². The van der Waals surface area contributed by atoms with Gasteiger partial charge in [-0.3, -0.25) is 0 Å². The SMILES string of the molecule is COCC(COC)n1cnc(Cl)c1. The summed E-state index contributed by atoms with van der Waals surface area (Å²) in [5.74, 6) is 0. The van der Waals surface area contributed by atoms with Crippen molar-refractivity contribution in [2.75, 3.05) is 27.4 Å². The Morgan fingerprint density at radius 3 is 2.46 bits per heavy atom. The van der Waals surface area contributed by atoms with E-state index in [4.69, 9.17) is 21.1 Å². The minimum Gasteiger partial charge on any atom is -0.382 e. The zero-order valence-corrected chi connectivity index (χ0v) is 8.49. The predicted octanol–water partition coefficient (Wildman–Crippen LogP) is 1.37. The van der Waals surface area contributed by atoms with Crippen LogP contribution >= 0.6 is 11.6 Å². The molecule has 0 bridgehead atoms. The Bertz CT molecular complexity index is 246. The van der Waals surface area contributed by atoms with Crippen molar-refractivity contribution < 1.29 is 9.47 Å². The van der Waals surface area contributed by atoms with E-state index in [2.05, 4.69) is 4.98 Å². The first-order valence-electron chi connectivity index (χ1n) is 3.94. The summed E-state index contributed by atoms with van der Waals surface area (Å²) in [7, 11) is 3.31. The summed E-state index contributed by atoms with van der Waals surface area (Å²) in [4.78, 5) is 3.92. The Morgan fingerprint density at radius 2 is 2.08 bits per heavy atom. The summed E-state index contributed by atoms with van der Waals surface area (Å²) in [5.41, 5.74) is 0. The van der Waals surface area contributed by atoms with Gasteiger partial charge in [0.05, 0.1) is 25.6 Å². The van der Waals surface area contributed by atoms with E-state index in [0.29, 0.717) is 18.4 Å². The molecule has 74 valence electrons. The second kappa shape index (κ2) is 5.21. The number of ether oxygens (including phenoxy) is 2. The number of methoxy groups -OCH3 is 2. The van der Waals surface area contributed by atoms with Gasteiger partial charge in [0.25, 0.3) is 0 Å². The number of rotatable bonds is 5. The van der Waals surface area contributed by atoms with E-state index < -0.39 is 0 Å². The molecule has 0 spiro atoms. The maximum absolute atomic E-state index is 5.69. The summed E-state index contributed by atoms with van der Waals surface area (Å²) in [6.07, 6.45) is 3.43. The molecule has 0 aliphatic carbocycles. The number of imidazole rings is 1. The fourth-order valence-electron chi connectivity index (χ4n) is 1.12. The molecule has 4 nitrogen and oxygen atoms in total. The van der Waals surface area contributed by atoms with Crippen LogP contribution in [0, 0.1) is 0 Å². The van der Waals surface area contributed by atoms with Crippen LogP contribution in [0.5, 0.6) is 0 Å². The Labute approximate surface area is 82.4 Å². The molecule has 1 heterocycles. The van der Waals surface area contributed by atoms with Crippen LogP contribution in [0.15, 0.2) is 12.5 Å². The predicted molar refractivity (Wildman–Crippen MR) is 50.0 cm³/mol. The molecule has 13 heavy (non-hydrogen) atoms. The highest BCUT2D eigenvalue weighted by Crippen LogP contribution is 2.11. The summed E-state index contributed by atoms with van der Waals surface area (Å²) in [5, 5.41) is 0.484. The number of hydrogen-bond acceptors (Lipinski definition) is 3. The van der Waals surface area contributed by atoms with Crippen molar-refractivity contribution in [1.29, 1.82) is 0 Å². The molecular formula is C8H13ClN2O2. The molecule has 1 rings (SSSR count). The normalized spacial score (nSPS) is 11.1. The zero-order valence-electron chi connectivity index (χ0n) is 7.74. The van der Waals surface area contributed by atoms with Crippen LogP contribution in [-0.2, 0) is 9.47 Å². The molecule has 0 aromatic carbocycles. The average Bonchev–Trinajstić information content (AvgIpc) is 2.51. The number of aromatic nitrogens is 2. The van der Waals surface area contributed by atoms with Crippen LogP contribution in [0.25, 0.3) is 0 Å². The average molecular weight is 205 g/mol. The molecule has 1 aromatic heterocycles. The first kappa shape index (κ1) is 10.5. The van der Waals surface area contributed by atoms with Crippen molar-refractivity contribution in [3.05, 3.63) is 17.7 Å². The number of halogens is 1. The monoisotopic (exact) mass is 204 g/mol. The fourth-order valence-corrected chi connectivity index (χ4v) is 1.27. The molecule has 0 atom stereocenters. The van der Waals surface area contributed by atoms with Crippen molar-refractivity contribution in [1.82, 2.24) is 9.55 Å². The molecule has 0 radical (unpaired) electrons. The molecule has 0 N–H and O–H groups in total. The van der Waals surface area contributed by atoms with Gasteiger partial charge in [-0.05, 0) is 0 Å². The third-order valence-corrected chi connectivity index (χ3v) is 1.90. The van der Waals surface area contributed by atoms with E-state index in [9.17, 15) is 0 Å². The van der Waals surface area contributed by atoms with Gasteiger partial charge >= 0.3 is 0 Å². The van der Waals surface area contributed by atoms with Gasteiger partial charge in [0.15, 0.2) is 0 Å². The molecule has 0 amide bonds. The molecule has 0 saturated heterocycles.